The number of hydrogen-bond acceptors (Lipinski definition) is 3. The highest BCUT2D eigenvalue weighted by atomic mass is 79.9. The maximum Gasteiger partial charge on any atom is 0.238 e. The van der Waals surface area contributed by atoms with E-state index in [0.717, 1.165) is 19.8 Å². The average molecular weight is 358 g/mol. The molecule has 0 unspecified atom stereocenters. The van der Waals surface area contributed by atoms with Crippen LogP contribution in [0, 0.1) is 11.3 Å². The van der Waals surface area contributed by atoms with Gasteiger partial charge in [0.05, 0.1) is 23.5 Å². The van der Waals surface area contributed by atoms with Crippen LogP contribution in [-0.2, 0) is 4.79 Å². The standard InChI is InChI=1S/C10H6Br2N4O/c11-6-3-7(12)10-5(4-14-16-10)9(6)15-8(17)1-2-13/h3-4H,1H2,(H,14,16)(H,15,17). The molecule has 86 valence electrons. The Morgan fingerprint density at radius 2 is 2.29 bits per heavy atom. The molecule has 7 heteroatoms. The number of amides is 1. The zero-order chi connectivity index (χ0) is 12.4. The van der Waals surface area contributed by atoms with E-state index in [9.17, 15) is 4.79 Å². The van der Waals surface area contributed by atoms with E-state index in [1.807, 2.05) is 6.07 Å². The van der Waals surface area contributed by atoms with Crippen molar-refractivity contribution in [2.24, 2.45) is 0 Å². The molecule has 0 radical (unpaired) electrons. The molecule has 1 aromatic heterocycles. The summed E-state index contributed by atoms with van der Waals surface area (Å²) in [6.07, 6.45) is 1.44. The van der Waals surface area contributed by atoms with Crippen LogP contribution in [0.4, 0.5) is 5.69 Å². The third-order valence-corrected chi connectivity index (χ3v) is 3.39. The molecule has 1 amide bonds. The Balaban J connectivity index is 2.50. The first-order valence-electron chi connectivity index (χ1n) is 4.61. The van der Waals surface area contributed by atoms with Gasteiger partial charge in [0, 0.05) is 14.3 Å². The van der Waals surface area contributed by atoms with E-state index in [4.69, 9.17) is 5.26 Å². The van der Waals surface area contributed by atoms with E-state index in [-0.39, 0.29) is 12.3 Å². The van der Waals surface area contributed by atoms with Crippen molar-refractivity contribution in [3.8, 4) is 6.07 Å². The van der Waals surface area contributed by atoms with E-state index in [2.05, 4.69) is 47.4 Å². The Labute approximate surface area is 113 Å². The lowest BCUT2D eigenvalue weighted by molar-refractivity contribution is -0.115. The Hall–Kier alpha value is -1.39. The van der Waals surface area contributed by atoms with Gasteiger partial charge >= 0.3 is 0 Å². The highest BCUT2D eigenvalue weighted by molar-refractivity contribution is 9.11. The number of benzene rings is 1. The molecule has 1 aromatic carbocycles. The topological polar surface area (TPSA) is 81.6 Å². The number of anilines is 1. The van der Waals surface area contributed by atoms with E-state index in [0.29, 0.717) is 5.69 Å². The summed E-state index contributed by atoms with van der Waals surface area (Å²) in [7, 11) is 0. The number of rotatable bonds is 2. The van der Waals surface area contributed by atoms with Gasteiger partial charge in [-0.25, -0.2) is 0 Å². The summed E-state index contributed by atoms with van der Waals surface area (Å²) in [5, 5.41) is 18.7. The van der Waals surface area contributed by atoms with Crippen LogP contribution in [-0.4, -0.2) is 16.1 Å². The highest BCUT2D eigenvalue weighted by Gasteiger charge is 2.13. The predicted octanol–water partition coefficient (Wildman–Crippen LogP) is 2.94. The largest absolute Gasteiger partial charge is 0.324 e. The van der Waals surface area contributed by atoms with Gasteiger partial charge < -0.3 is 5.32 Å². The molecule has 0 bridgehead atoms. The number of nitrogens with one attached hydrogen (secondary N) is 2. The minimum Gasteiger partial charge on any atom is -0.324 e. The molecule has 0 saturated heterocycles. The quantitative estimate of drug-likeness (QED) is 0.866. The zero-order valence-corrected chi connectivity index (χ0v) is 11.6. The fraction of sp³-hybridized carbons (Fsp3) is 0.100. The second kappa shape index (κ2) is 4.85. The fourth-order valence-corrected chi connectivity index (χ4v) is 2.80. The number of hydrogen-bond donors (Lipinski definition) is 2. The normalized spacial score (nSPS) is 10.2. The summed E-state index contributed by atoms with van der Waals surface area (Å²) in [6.45, 7) is 0. The third-order valence-electron chi connectivity index (χ3n) is 2.14. The Bertz CT molecular complexity index is 629. The van der Waals surface area contributed by atoms with Crippen LogP contribution in [0.5, 0.6) is 0 Å². The highest BCUT2D eigenvalue weighted by Crippen LogP contribution is 2.35. The van der Waals surface area contributed by atoms with Gasteiger partial charge in [-0.2, -0.15) is 10.4 Å². The summed E-state index contributed by atoms with van der Waals surface area (Å²) < 4.78 is 1.57. The second-order valence-corrected chi connectivity index (χ2v) is 4.97. The van der Waals surface area contributed by atoms with E-state index < -0.39 is 0 Å². The van der Waals surface area contributed by atoms with E-state index in [1.54, 1.807) is 12.3 Å². The van der Waals surface area contributed by atoms with Crippen molar-refractivity contribution in [2.45, 2.75) is 6.42 Å². The molecule has 5 nitrogen and oxygen atoms in total. The van der Waals surface area contributed by atoms with Gasteiger partial charge in [-0.3, -0.25) is 9.89 Å². The van der Waals surface area contributed by atoms with Crippen LogP contribution in [0.1, 0.15) is 6.42 Å². The number of fused-ring (bicyclic) bond motifs is 1. The van der Waals surface area contributed by atoms with E-state index in [1.165, 1.54) is 0 Å². The lowest BCUT2D eigenvalue weighted by Gasteiger charge is -2.08. The number of halogens is 2. The van der Waals surface area contributed by atoms with Crippen LogP contribution in [0.25, 0.3) is 10.9 Å². The minimum atomic E-state index is -0.349. The molecule has 0 saturated carbocycles. The van der Waals surface area contributed by atoms with Crippen LogP contribution >= 0.6 is 31.9 Å². The molecular weight excluding hydrogens is 352 g/mol. The number of H-pyrrole nitrogens is 1. The molecule has 0 spiro atoms. The Morgan fingerprint density at radius 1 is 1.53 bits per heavy atom. The van der Waals surface area contributed by atoms with Crippen molar-refractivity contribution in [1.29, 1.82) is 5.26 Å². The maximum atomic E-state index is 11.4. The van der Waals surface area contributed by atoms with Crippen LogP contribution < -0.4 is 5.32 Å². The van der Waals surface area contributed by atoms with Gasteiger partial charge in [-0.05, 0) is 37.9 Å². The van der Waals surface area contributed by atoms with Crippen LogP contribution in [0.2, 0.25) is 0 Å². The monoisotopic (exact) mass is 356 g/mol. The Morgan fingerprint density at radius 3 is 3.00 bits per heavy atom. The molecule has 1 heterocycles. The van der Waals surface area contributed by atoms with Gasteiger partial charge in [0.2, 0.25) is 5.91 Å². The van der Waals surface area contributed by atoms with Crippen molar-refractivity contribution in [3.63, 3.8) is 0 Å². The third kappa shape index (κ3) is 2.33. The number of nitrogens with zero attached hydrogens (tertiary/aromatic N) is 2. The lowest BCUT2D eigenvalue weighted by Crippen LogP contribution is -2.10. The van der Waals surface area contributed by atoms with Crippen molar-refractivity contribution < 1.29 is 4.79 Å². The summed E-state index contributed by atoms with van der Waals surface area (Å²) in [4.78, 5) is 11.4. The number of carbonyl (C=O) groups is 1. The lowest BCUT2D eigenvalue weighted by atomic mass is 10.2. The molecule has 2 rings (SSSR count). The zero-order valence-electron chi connectivity index (χ0n) is 8.42. The molecule has 0 aliphatic rings. The maximum absolute atomic E-state index is 11.4. The van der Waals surface area contributed by atoms with Gasteiger partial charge in [0.1, 0.15) is 6.42 Å². The number of aromatic nitrogens is 2. The SMILES string of the molecule is N#CCC(=O)Nc1c(Br)cc(Br)c2[nH]ncc12. The van der Waals surface area contributed by atoms with E-state index >= 15 is 0 Å². The van der Waals surface area contributed by atoms with Crippen molar-refractivity contribution in [1.82, 2.24) is 10.2 Å². The van der Waals surface area contributed by atoms with Gasteiger partial charge in [-0.1, -0.05) is 0 Å². The van der Waals surface area contributed by atoms with Crippen molar-refractivity contribution in [3.05, 3.63) is 21.2 Å². The first-order chi connectivity index (χ1) is 8.13. The smallest absolute Gasteiger partial charge is 0.238 e. The van der Waals surface area contributed by atoms with Crippen LogP contribution in [0.15, 0.2) is 21.2 Å². The summed E-state index contributed by atoms with van der Waals surface area (Å²) in [6, 6.07) is 3.61. The second-order valence-electron chi connectivity index (χ2n) is 3.26. The number of nitriles is 1. The molecule has 2 aromatic rings. The van der Waals surface area contributed by atoms with Crippen molar-refractivity contribution >= 4 is 54.4 Å². The first-order valence-corrected chi connectivity index (χ1v) is 6.20. The summed E-state index contributed by atoms with van der Waals surface area (Å²) in [5.74, 6) is -0.349. The minimum absolute atomic E-state index is 0.179. The molecule has 0 aliphatic heterocycles. The average Bonchev–Trinajstić information content (AvgIpc) is 2.73. The molecular formula is C10H6Br2N4O. The molecule has 2 N–H and O–H groups in total. The van der Waals surface area contributed by atoms with Gasteiger partial charge in [0.15, 0.2) is 0 Å². The molecule has 17 heavy (non-hydrogen) atoms. The van der Waals surface area contributed by atoms with Crippen molar-refractivity contribution in [2.75, 3.05) is 5.32 Å². The van der Waals surface area contributed by atoms with Crippen LogP contribution in [0.3, 0.4) is 0 Å². The molecule has 0 atom stereocenters. The summed E-state index contributed by atoms with van der Waals surface area (Å²) >= 11 is 6.75. The molecule has 0 fully saturated rings. The van der Waals surface area contributed by atoms with Gasteiger partial charge in [0.25, 0.3) is 0 Å². The first kappa shape index (κ1) is 12.1. The summed E-state index contributed by atoms with van der Waals surface area (Å²) in [5.41, 5.74) is 1.40. The molecule has 0 aliphatic carbocycles. The number of carbonyl (C=O) groups excluding carboxylic acids is 1. The fourth-order valence-electron chi connectivity index (χ4n) is 1.42. The Kier molecular flexibility index (Phi) is 3.45. The predicted molar refractivity (Wildman–Crippen MR) is 70.4 cm³/mol. The van der Waals surface area contributed by atoms with Gasteiger partial charge in [-0.15, -0.1) is 0 Å². The number of aromatic amines is 1.